The second kappa shape index (κ2) is 29.8. The van der Waals surface area contributed by atoms with E-state index in [4.69, 9.17) is 51.1 Å². The lowest BCUT2D eigenvalue weighted by atomic mass is 9.73. The molecule has 0 saturated heterocycles. The second-order valence-electron chi connectivity index (χ2n) is 28.3. The summed E-state index contributed by atoms with van der Waals surface area (Å²) in [4.78, 5) is 45.8. The third kappa shape index (κ3) is 13.7. The van der Waals surface area contributed by atoms with Gasteiger partial charge in [-0.05, 0) is 275 Å². The molecule has 8 aliphatic rings. The molecule has 0 amide bonds. The molecule has 4 aliphatic carbocycles. The molecule has 8 aromatic carbocycles. The van der Waals surface area contributed by atoms with Crippen molar-refractivity contribution in [2.75, 3.05) is 61.0 Å². The number of likely N-dealkylation sites (N-methyl/N-ethyl adjacent to an activating group) is 4. The van der Waals surface area contributed by atoms with Gasteiger partial charge in [0.25, 0.3) is 0 Å². The zero-order valence-electron chi connectivity index (χ0n) is 57.2. The molecule has 0 saturated carbocycles. The first-order valence-corrected chi connectivity index (χ1v) is 37.2. The standard InChI is InChI=1S/C22H24ClNO3.C21H22ClNO2.C20H20ClNO3.C19H19BrClNO/c1-3-27-22(26)16-6-4-5-15-14(16)7-8-19-21(15)17-12-20(25)18(23)11-13(17)9-10-24(19)2;1-12(24)14-4-3-5-16-15(14)6-7-19-21(16)17-11-20(25)18(22)10-13(17)8-9-23(19)2;1-22-8-7-11-9-16(21)18(23)10-15(11)19-13-3-2-4-14(20(24)25)12(13)5-6-17(19)22;1-22-8-7-11-9-16(21)18(23)10-14(11)19-13-3-2-4-15(20)12(13)5-6-17(19)22/h4-6,11-12,19,21,25H,3,7-10H2,1-2H3;3-5,10-11,19,21,25H,6-9H2,1-2H3;2-4,9-10,17,19,23H,5-8H2,1H3,(H,24,25);2-4,9-10,17,19,23H,5-8H2,1H3/t2*19-,21+;2*17-,19+/m0000/s1. The summed E-state index contributed by atoms with van der Waals surface area (Å²) in [6.07, 6.45) is 11.3. The lowest BCUT2D eigenvalue weighted by Gasteiger charge is -2.38. The Balaban J connectivity index is 0.000000120. The number of benzene rings is 8. The highest BCUT2D eigenvalue weighted by Crippen LogP contribution is 2.51. The number of nitrogens with zero attached hydrogens (tertiary/aromatic N) is 4. The van der Waals surface area contributed by atoms with Crippen molar-refractivity contribution in [1.29, 1.82) is 0 Å². The molecule has 18 heteroatoms. The Morgan fingerprint density at radius 3 is 1.04 bits per heavy atom. The number of rotatable bonds is 4. The zero-order valence-corrected chi connectivity index (χ0v) is 61.8. The van der Waals surface area contributed by atoms with Gasteiger partial charge in [0.1, 0.15) is 23.0 Å². The first-order chi connectivity index (χ1) is 48.0. The number of ether oxygens (including phenoxy) is 1. The van der Waals surface area contributed by atoms with Crippen molar-refractivity contribution in [3.63, 3.8) is 0 Å². The number of carbonyl (C=O) groups excluding carboxylic acids is 2. The molecule has 0 spiro atoms. The van der Waals surface area contributed by atoms with Crippen LogP contribution >= 0.6 is 62.3 Å². The van der Waals surface area contributed by atoms with E-state index in [1.54, 1.807) is 19.1 Å². The number of ketones is 1. The number of fused-ring (bicyclic) bond motifs is 20. The minimum atomic E-state index is -0.878. The van der Waals surface area contributed by atoms with Gasteiger partial charge in [-0.3, -0.25) is 4.79 Å². The van der Waals surface area contributed by atoms with Gasteiger partial charge in [0.2, 0.25) is 0 Å². The van der Waals surface area contributed by atoms with Crippen LogP contribution < -0.4 is 0 Å². The Bertz CT molecular complexity index is 4380. The fourth-order valence-corrected chi connectivity index (χ4v) is 19.3. The van der Waals surface area contributed by atoms with Crippen LogP contribution in [0.3, 0.4) is 0 Å². The topological polar surface area (TPSA) is 175 Å². The minimum absolute atomic E-state index is 0.0497. The van der Waals surface area contributed by atoms with Crippen molar-refractivity contribution in [2.45, 2.75) is 139 Å². The molecule has 16 rings (SSSR count). The van der Waals surface area contributed by atoms with Crippen LogP contribution in [0.1, 0.15) is 183 Å². The number of esters is 1. The highest BCUT2D eigenvalue weighted by Gasteiger charge is 2.43. The Kier molecular flexibility index (Phi) is 21.3. The largest absolute Gasteiger partial charge is 0.506 e. The third-order valence-corrected chi connectivity index (χ3v) is 24.9. The molecule has 0 bridgehead atoms. The predicted molar refractivity (Wildman–Crippen MR) is 400 cm³/mol. The molecule has 4 heterocycles. The molecule has 522 valence electrons. The maximum absolute atomic E-state index is 12.5. The summed E-state index contributed by atoms with van der Waals surface area (Å²) in [5.41, 5.74) is 20.6. The maximum Gasteiger partial charge on any atom is 0.338 e. The molecule has 0 aromatic heterocycles. The number of hydrogen-bond donors (Lipinski definition) is 5. The van der Waals surface area contributed by atoms with Crippen LogP contribution in [0.5, 0.6) is 23.0 Å². The van der Waals surface area contributed by atoms with Gasteiger partial charge in [0.15, 0.2) is 5.78 Å². The van der Waals surface area contributed by atoms with E-state index < -0.39 is 5.97 Å². The summed E-state index contributed by atoms with van der Waals surface area (Å²) in [5.74, 6) is 0.132. The number of aromatic carboxylic acids is 1. The van der Waals surface area contributed by atoms with Crippen molar-refractivity contribution in [3.8, 4) is 23.0 Å². The average Bonchev–Trinajstić information content (AvgIpc) is 1.31. The quantitative estimate of drug-likeness (QED) is 0.0833. The van der Waals surface area contributed by atoms with E-state index in [0.29, 0.717) is 67.9 Å². The highest BCUT2D eigenvalue weighted by molar-refractivity contribution is 9.10. The van der Waals surface area contributed by atoms with Crippen molar-refractivity contribution < 1.29 is 44.7 Å². The Morgan fingerprint density at radius 1 is 0.420 bits per heavy atom. The van der Waals surface area contributed by atoms with Crippen LogP contribution in [0.25, 0.3) is 0 Å². The Hall–Kier alpha value is -6.95. The van der Waals surface area contributed by atoms with E-state index in [-0.39, 0.29) is 52.5 Å². The van der Waals surface area contributed by atoms with Crippen LogP contribution in [0.15, 0.2) is 126 Å². The van der Waals surface area contributed by atoms with E-state index in [2.05, 4.69) is 94.1 Å². The number of phenolic OH excluding ortho intramolecular Hbond substituents is 4. The first kappa shape index (κ1) is 71.4. The summed E-state index contributed by atoms with van der Waals surface area (Å²) in [6.45, 7) is 7.69. The zero-order chi connectivity index (χ0) is 70.7. The van der Waals surface area contributed by atoms with Crippen molar-refractivity contribution >= 4 is 80.1 Å². The summed E-state index contributed by atoms with van der Waals surface area (Å²) in [7, 11) is 8.67. The number of halogens is 5. The number of carboxylic acid groups (broad SMARTS) is 1. The number of aromatic hydroxyl groups is 4. The number of Topliss-reactive ketones (excluding diaryl/α,β-unsaturated/α-hetero) is 1. The third-order valence-electron chi connectivity index (χ3n) is 22.9. The van der Waals surface area contributed by atoms with Crippen LogP contribution in [0.4, 0.5) is 0 Å². The van der Waals surface area contributed by atoms with E-state index in [9.17, 15) is 39.9 Å². The van der Waals surface area contributed by atoms with E-state index in [0.717, 1.165) is 153 Å². The molecule has 0 radical (unpaired) electrons. The van der Waals surface area contributed by atoms with E-state index in [1.807, 2.05) is 85.8 Å². The molecule has 100 heavy (non-hydrogen) atoms. The highest BCUT2D eigenvalue weighted by atomic mass is 79.9. The van der Waals surface area contributed by atoms with Crippen LogP contribution in [0, 0.1) is 0 Å². The van der Waals surface area contributed by atoms with Gasteiger partial charge in [-0.15, -0.1) is 0 Å². The smallest absolute Gasteiger partial charge is 0.338 e. The molecule has 5 N–H and O–H groups in total. The van der Waals surface area contributed by atoms with Crippen molar-refractivity contribution in [2.24, 2.45) is 0 Å². The average molecular weight is 1490 g/mol. The molecular weight excluding hydrogens is 1410 g/mol. The van der Waals surface area contributed by atoms with Crippen molar-refractivity contribution in [3.05, 3.63) is 252 Å². The number of phenols is 4. The lowest BCUT2D eigenvalue weighted by Crippen LogP contribution is -2.40. The minimum Gasteiger partial charge on any atom is -0.506 e. The van der Waals surface area contributed by atoms with Crippen LogP contribution in [-0.4, -0.2) is 148 Å². The summed E-state index contributed by atoms with van der Waals surface area (Å²) in [5, 5.41) is 52.0. The van der Waals surface area contributed by atoms with Gasteiger partial charge in [-0.25, -0.2) is 9.59 Å². The summed E-state index contributed by atoms with van der Waals surface area (Å²) < 4.78 is 6.47. The molecular formula is C82H85BrCl4N4O9. The number of carbonyl (C=O) groups is 3. The molecule has 8 aromatic rings. The molecule has 13 nitrogen and oxygen atoms in total. The Labute approximate surface area is 614 Å². The first-order valence-electron chi connectivity index (χ1n) is 34.9. The van der Waals surface area contributed by atoms with Crippen LogP contribution in [0.2, 0.25) is 20.1 Å². The predicted octanol–water partition coefficient (Wildman–Crippen LogP) is 16.8. The lowest BCUT2D eigenvalue weighted by molar-refractivity contribution is 0.0523. The van der Waals surface area contributed by atoms with Gasteiger partial charge >= 0.3 is 11.9 Å². The van der Waals surface area contributed by atoms with Gasteiger partial charge in [0, 0.05) is 84.1 Å². The monoisotopic (exact) mass is 1490 g/mol. The van der Waals surface area contributed by atoms with Gasteiger partial charge < -0.3 is 49.9 Å². The Morgan fingerprint density at radius 2 is 0.710 bits per heavy atom. The fraction of sp³-hybridized carbons (Fsp3) is 0.378. The van der Waals surface area contributed by atoms with Gasteiger partial charge in [0.05, 0.1) is 37.8 Å². The summed E-state index contributed by atoms with van der Waals surface area (Å²) >= 11 is 28.4. The molecule has 0 unspecified atom stereocenters. The second-order valence-corrected chi connectivity index (χ2v) is 30.8. The molecule has 4 aliphatic heterocycles. The van der Waals surface area contributed by atoms with Gasteiger partial charge in [-0.1, -0.05) is 117 Å². The molecule has 0 fully saturated rings. The SMILES string of the molecule is CC(=O)c1cccc2c1CC[C@H]1[C@H]2c2cc(O)c(Cl)cc2CCN1C.CCOC(=O)c1cccc2c1CC[C@H]1[C@H]2c2cc(O)c(Cl)cc2CCN1C.CN1CCc2cc(Cl)c(O)cc2[C@H]2c3cccc(Br)c3CC[C@@H]21.CN1CCc2cc(Cl)c(O)cc2[C@H]2c3cccc(C(=O)O)c3CC[C@@H]21. The summed E-state index contributed by atoms with van der Waals surface area (Å²) in [6, 6.07) is 40.4. The maximum atomic E-state index is 12.5. The molecule has 8 atom stereocenters. The normalized spacial score (nSPS) is 22.5. The fourth-order valence-electron chi connectivity index (χ4n) is 18.0. The van der Waals surface area contributed by atoms with E-state index in [1.165, 1.54) is 49.0 Å². The van der Waals surface area contributed by atoms with Gasteiger partial charge in [-0.2, -0.15) is 0 Å². The van der Waals surface area contributed by atoms with Crippen LogP contribution in [-0.2, 0) is 56.1 Å². The number of carboxylic acids is 1. The van der Waals surface area contributed by atoms with E-state index >= 15 is 0 Å². The number of hydrogen-bond acceptors (Lipinski definition) is 12. The van der Waals surface area contributed by atoms with Crippen molar-refractivity contribution in [1.82, 2.24) is 19.6 Å².